The van der Waals surface area contributed by atoms with Crippen LogP contribution in [0.3, 0.4) is 0 Å². The zero-order valence-corrected chi connectivity index (χ0v) is 20.5. The number of carbonyl (C=O) groups excluding carboxylic acids is 1. The third-order valence-electron chi connectivity index (χ3n) is 5.21. The van der Waals surface area contributed by atoms with Gasteiger partial charge in [-0.3, -0.25) is 4.79 Å². The number of aromatic nitrogens is 2. The van der Waals surface area contributed by atoms with E-state index in [0.29, 0.717) is 35.4 Å². The highest BCUT2D eigenvalue weighted by atomic mass is 35.5. The van der Waals surface area contributed by atoms with Gasteiger partial charge in [-0.15, -0.1) is 34.0 Å². The average Bonchev–Trinajstić information content (AvgIpc) is 3.53. The Balaban J connectivity index is 1.21. The van der Waals surface area contributed by atoms with Gasteiger partial charge in [0.1, 0.15) is 14.9 Å². The molecule has 0 atom stereocenters. The normalized spacial score (nSPS) is 15.9. The predicted molar refractivity (Wildman–Crippen MR) is 130 cm³/mol. The zero-order valence-electron chi connectivity index (χ0n) is 16.5. The van der Waals surface area contributed by atoms with E-state index in [1.807, 2.05) is 29.6 Å². The number of anilines is 1. The van der Waals surface area contributed by atoms with Gasteiger partial charge < -0.3 is 5.32 Å². The summed E-state index contributed by atoms with van der Waals surface area (Å²) >= 11 is 9.85. The van der Waals surface area contributed by atoms with E-state index in [2.05, 4.69) is 15.3 Å². The molecule has 5 rings (SSSR count). The quantitative estimate of drug-likeness (QED) is 0.388. The van der Waals surface area contributed by atoms with Crippen molar-refractivity contribution in [1.82, 2.24) is 14.3 Å². The lowest BCUT2D eigenvalue weighted by molar-refractivity contribution is -0.120. The summed E-state index contributed by atoms with van der Waals surface area (Å²) in [6.07, 6.45) is 0.917. The molecule has 32 heavy (non-hydrogen) atoms. The van der Waals surface area contributed by atoms with Crippen LogP contribution in [-0.2, 0) is 14.8 Å². The number of nitrogens with zero attached hydrogens (tertiary/aromatic N) is 3. The maximum atomic E-state index is 12.7. The molecule has 1 saturated heterocycles. The predicted octanol–water partition coefficient (Wildman–Crippen LogP) is 5.17. The Morgan fingerprint density at radius 3 is 2.59 bits per heavy atom. The summed E-state index contributed by atoms with van der Waals surface area (Å²) in [4.78, 5) is 21.9. The molecule has 1 N–H and O–H groups in total. The van der Waals surface area contributed by atoms with Gasteiger partial charge >= 0.3 is 0 Å². The number of hydrogen-bond donors (Lipinski definition) is 1. The summed E-state index contributed by atoms with van der Waals surface area (Å²) in [5.74, 6) is -0.394. The standard InChI is InChI=1S/C20H17ClN4O3S4/c21-16-5-6-17(31-16)32(27,28)25-9-7-12(8-10-25)18(26)24-20-23-14(11-29-20)19-22-13-3-1-2-4-15(13)30-19/h1-6,11-12H,7-10H2,(H,23,24,26). The van der Waals surface area contributed by atoms with E-state index in [-0.39, 0.29) is 16.0 Å². The Labute approximate surface area is 201 Å². The number of amides is 1. The van der Waals surface area contributed by atoms with Crippen LogP contribution in [0.5, 0.6) is 0 Å². The SMILES string of the molecule is O=C(Nc1nc(-c2nc3ccccc3s2)cs1)C1CCN(S(=O)(=O)c2ccc(Cl)s2)CC1. The molecule has 7 nitrogen and oxygen atoms in total. The van der Waals surface area contributed by atoms with Crippen molar-refractivity contribution < 1.29 is 13.2 Å². The molecular formula is C20H17ClN4O3S4. The number of carbonyl (C=O) groups is 1. The van der Waals surface area contributed by atoms with Crippen molar-refractivity contribution in [2.75, 3.05) is 18.4 Å². The van der Waals surface area contributed by atoms with Gasteiger partial charge in [-0.05, 0) is 37.1 Å². The number of sulfonamides is 1. The molecule has 1 fully saturated rings. The average molecular weight is 525 g/mol. The second-order valence-electron chi connectivity index (χ2n) is 7.25. The fourth-order valence-electron chi connectivity index (χ4n) is 3.54. The van der Waals surface area contributed by atoms with E-state index in [0.717, 1.165) is 32.3 Å². The summed E-state index contributed by atoms with van der Waals surface area (Å²) in [5.41, 5.74) is 1.67. The Bertz CT molecular complexity index is 1350. The van der Waals surface area contributed by atoms with Gasteiger partial charge in [-0.25, -0.2) is 18.4 Å². The Morgan fingerprint density at radius 1 is 1.09 bits per heavy atom. The van der Waals surface area contributed by atoms with Gasteiger partial charge in [0.05, 0.1) is 14.6 Å². The number of thiazole rings is 2. The third-order valence-corrected chi connectivity index (χ3v) is 10.6. The Morgan fingerprint density at radius 2 is 1.88 bits per heavy atom. The highest BCUT2D eigenvalue weighted by molar-refractivity contribution is 7.91. The lowest BCUT2D eigenvalue weighted by Gasteiger charge is -2.29. The number of benzene rings is 1. The lowest BCUT2D eigenvalue weighted by atomic mass is 9.97. The van der Waals surface area contributed by atoms with Crippen molar-refractivity contribution >= 4 is 76.9 Å². The number of hydrogen-bond acceptors (Lipinski definition) is 8. The first-order valence-electron chi connectivity index (χ1n) is 9.78. The first kappa shape index (κ1) is 21.9. The van der Waals surface area contributed by atoms with Crippen LogP contribution in [-0.4, -0.2) is 41.7 Å². The molecule has 1 aromatic carbocycles. The van der Waals surface area contributed by atoms with E-state index in [1.54, 1.807) is 17.4 Å². The minimum atomic E-state index is -3.57. The number of thiophene rings is 1. The molecule has 166 valence electrons. The van der Waals surface area contributed by atoms with Gasteiger partial charge in [-0.1, -0.05) is 23.7 Å². The van der Waals surface area contributed by atoms with Gasteiger partial charge in [-0.2, -0.15) is 4.31 Å². The van der Waals surface area contributed by atoms with Crippen LogP contribution in [0.15, 0.2) is 46.0 Å². The fourth-order valence-corrected chi connectivity index (χ4v) is 8.35. The minimum absolute atomic E-state index is 0.133. The van der Waals surface area contributed by atoms with Crippen molar-refractivity contribution in [2.45, 2.75) is 17.1 Å². The molecule has 0 radical (unpaired) electrons. The fraction of sp³-hybridized carbons (Fsp3) is 0.250. The molecular weight excluding hydrogens is 508 g/mol. The van der Waals surface area contributed by atoms with Crippen LogP contribution in [0.25, 0.3) is 20.9 Å². The number of halogens is 1. The van der Waals surface area contributed by atoms with Gasteiger partial charge in [0, 0.05) is 24.4 Å². The summed E-state index contributed by atoms with van der Waals surface area (Å²) in [6.45, 7) is 0.593. The molecule has 0 bridgehead atoms. The van der Waals surface area contributed by atoms with E-state index >= 15 is 0 Å². The highest BCUT2D eigenvalue weighted by Crippen LogP contribution is 2.33. The summed E-state index contributed by atoms with van der Waals surface area (Å²) in [7, 11) is -3.57. The van der Waals surface area contributed by atoms with E-state index in [1.165, 1.54) is 21.7 Å². The monoisotopic (exact) mass is 524 g/mol. The second kappa shape index (κ2) is 8.81. The lowest BCUT2D eigenvalue weighted by Crippen LogP contribution is -2.41. The molecule has 0 aliphatic carbocycles. The minimum Gasteiger partial charge on any atom is -0.302 e. The number of nitrogens with one attached hydrogen (secondary N) is 1. The molecule has 0 spiro atoms. The third kappa shape index (κ3) is 4.33. The molecule has 12 heteroatoms. The number of rotatable bonds is 5. The van der Waals surface area contributed by atoms with Crippen LogP contribution in [0.1, 0.15) is 12.8 Å². The van der Waals surface area contributed by atoms with E-state index in [4.69, 9.17) is 11.6 Å². The molecule has 3 aromatic heterocycles. The molecule has 0 saturated carbocycles. The molecule has 4 aromatic rings. The number of fused-ring (bicyclic) bond motifs is 1. The Hall–Kier alpha value is -1.89. The van der Waals surface area contributed by atoms with Gasteiger partial charge in [0.15, 0.2) is 5.13 Å². The van der Waals surface area contributed by atoms with Crippen molar-refractivity contribution in [3.8, 4) is 10.7 Å². The smallest absolute Gasteiger partial charge is 0.252 e. The first-order chi connectivity index (χ1) is 15.4. The van der Waals surface area contributed by atoms with Gasteiger partial charge in [0.2, 0.25) is 5.91 Å². The number of piperidine rings is 1. The summed E-state index contributed by atoms with van der Waals surface area (Å²) < 4.78 is 28.7. The van der Waals surface area contributed by atoms with E-state index < -0.39 is 10.0 Å². The largest absolute Gasteiger partial charge is 0.302 e. The van der Waals surface area contributed by atoms with Crippen LogP contribution < -0.4 is 5.32 Å². The van der Waals surface area contributed by atoms with Crippen molar-refractivity contribution in [3.63, 3.8) is 0 Å². The molecule has 4 heterocycles. The van der Waals surface area contributed by atoms with Crippen LogP contribution in [0.2, 0.25) is 4.34 Å². The van der Waals surface area contributed by atoms with Crippen molar-refractivity contribution in [2.24, 2.45) is 5.92 Å². The second-order valence-corrected chi connectivity index (χ2v) is 13.0. The van der Waals surface area contributed by atoms with Gasteiger partial charge in [0.25, 0.3) is 10.0 Å². The first-order valence-corrected chi connectivity index (χ1v) is 14.1. The van der Waals surface area contributed by atoms with Crippen LogP contribution >= 0.6 is 45.6 Å². The maximum Gasteiger partial charge on any atom is 0.252 e. The molecule has 1 amide bonds. The maximum absolute atomic E-state index is 12.7. The van der Waals surface area contributed by atoms with Crippen LogP contribution in [0, 0.1) is 5.92 Å². The molecule has 1 aliphatic rings. The van der Waals surface area contributed by atoms with Crippen molar-refractivity contribution in [3.05, 3.63) is 46.1 Å². The number of para-hydroxylation sites is 1. The Kier molecular flexibility index (Phi) is 6.03. The van der Waals surface area contributed by atoms with E-state index in [9.17, 15) is 13.2 Å². The van der Waals surface area contributed by atoms with Crippen molar-refractivity contribution in [1.29, 1.82) is 0 Å². The molecule has 0 unspecified atom stereocenters. The van der Waals surface area contributed by atoms with Crippen LogP contribution in [0.4, 0.5) is 5.13 Å². The topological polar surface area (TPSA) is 92.3 Å². The summed E-state index contributed by atoms with van der Waals surface area (Å²) in [5, 5.41) is 6.11. The molecule has 1 aliphatic heterocycles. The highest BCUT2D eigenvalue weighted by Gasteiger charge is 2.33. The summed E-state index contributed by atoms with van der Waals surface area (Å²) in [6, 6.07) is 11.0. The zero-order chi connectivity index (χ0) is 22.3.